The predicted molar refractivity (Wildman–Crippen MR) is 139 cm³/mol. The first kappa shape index (κ1) is 23.6. The molecule has 4 aromatic rings. The monoisotopic (exact) mass is 517 g/mol. The Morgan fingerprint density at radius 2 is 1.95 bits per heavy atom. The van der Waals surface area contributed by atoms with Gasteiger partial charge in [0, 0.05) is 29.6 Å². The topological polar surface area (TPSA) is 89.2 Å². The molecular formula is C29H24ClNO6. The van der Waals surface area contributed by atoms with Gasteiger partial charge in [0.1, 0.15) is 0 Å². The number of hydrogen-bond acceptors (Lipinski definition) is 6. The van der Waals surface area contributed by atoms with Crippen LogP contribution in [0, 0.1) is 0 Å². The molecule has 37 heavy (non-hydrogen) atoms. The summed E-state index contributed by atoms with van der Waals surface area (Å²) in [6.07, 6.45) is 1.54. The number of ether oxygens (including phenoxy) is 2. The van der Waals surface area contributed by atoms with Gasteiger partial charge in [-0.2, -0.15) is 0 Å². The summed E-state index contributed by atoms with van der Waals surface area (Å²) in [5.74, 6) is -1.39. The molecule has 3 aromatic carbocycles. The molecule has 0 aliphatic carbocycles. The molecule has 2 aliphatic heterocycles. The van der Waals surface area contributed by atoms with Gasteiger partial charge in [-0.15, -0.1) is 0 Å². The van der Waals surface area contributed by atoms with Crippen molar-refractivity contribution in [2.45, 2.75) is 25.0 Å². The third-order valence-electron chi connectivity index (χ3n) is 7.08. The number of Topliss-reactive ketones (excluding diaryl/α,β-unsaturated/α-hetero) is 1. The molecule has 0 spiro atoms. The largest absolute Gasteiger partial charge is 0.503 e. The third kappa shape index (κ3) is 3.95. The van der Waals surface area contributed by atoms with Gasteiger partial charge in [-0.05, 0) is 41.3 Å². The lowest BCUT2D eigenvalue weighted by atomic mass is 9.91. The zero-order valence-corrected chi connectivity index (χ0v) is 20.8. The van der Waals surface area contributed by atoms with Crippen molar-refractivity contribution in [2.24, 2.45) is 0 Å². The lowest BCUT2D eigenvalue weighted by Gasteiger charge is -2.29. The highest BCUT2D eigenvalue weighted by molar-refractivity contribution is 6.31. The van der Waals surface area contributed by atoms with Crippen molar-refractivity contribution >= 4 is 45.0 Å². The summed E-state index contributed by atoms with van der Waals surface area (Å²) < 4.78 is 17.1. The SMILES string of the molecule is COc1cc(Cl)cc2cc(C(=O)C3=C(O)C(=O)N(CC4CCCO4)C3c3cccc4ccccc34)oc12. The fourth-order valence-corrected chi connectivity index (χ4v) is 5.59. The number of carbonyl (C=O) groups is 2. The van der Waals surface area contributed by atoms with Crippen molar-refractivity contribution in [1.29, 1.82) is 0 Å². The summed E-state index contributed by atoms with van der Waals surface area (Å²) in [5, 5.41) is 14.0. The molecule has 2 atom stereocenters. The number of nitrogens with zero attached hydrogens (tertiary/aromatic N) is 1. The second-order valence-corrected chi connectivity index (χ2v) is 9.73. The zero-order valence-electron chi connectivity index (χ0n) is 20.1. The Balaban J connectivity index is 1.50. The Kier molecular flexibility index (Phi) is 5.89. The summed E-state index contributed by atoms with van der Waals surface area (Å²) in [4.78, 5) is 28.9. The zero-order chi connectivity index (χ0) is 25.7. The quantitative estimate of drug-likeness (QED) is 0.315. The molecule has 1 N–H and O–H groups in total. The molecule has 1 amide bonds. The van der Waals surface area contributed by atoms with Gasteiger partial charge in [0.15, 0.2) is 22.9 Å². The normalized spacial score (nSPS) is 19.9. The number of methoxy groups -OCH3 is 1. The molecule has 0 saturated carbocycles. The second-order valence-electron chi connectivity index (χ2n) is 9.29. The molecule has 2 unspecified atom stereocenters. The van der Waals surface area contributed by atoms with Gasteiger partial charge in [-0.3, -0.25) is 9.59 Å². The molecule has 1 saturated heterocycles. The summed E-state index contributed by atoms with van der Waals surface area (Å²) in [7, 11) is 1.48. The average Bonchev–Trinajstić information content (AvgIpc) is 3.63. The van der Waals surface area contributed by atoms with Crippen LogP contribution in [0.2, 0.25) is 5.02 Å². The number of aliphatic hydroxyl groups is 1. The number of fused-ring (bicyclic) bond motifs is 2. The molecule has 188 valence electrons. The van der Waals surface area contributed by atoms with Crippen molar-refractivity contribution in [3.05, 3.63) is 88.3 Å². The maximum atomic E-state index is 14.0. The van der Waals surface area contributed by atoms with Crippen LogP contribution in [0.4, 0.5) is 0 Å². The van der Waals surface area contributed by atoms with Crippen LogP contribution < -0.4 is 4.74 Å². The van der Waals surface area contributed by atoms with Crippen LogP contribution in [-0.2, 0) is 9.53 Å². The van der Waals surface area contributed by atoms with E-state index in [1.807, 2.05) is 42.5 Å². The van der Waals surface area contributed by atoms with Gasteiger partial charge in [0.2, 0.25) is 5.78 Å². The van der Waals surface area contributed by atoms with Crippen LogP contribution in [0.3, 0.4) is 0 Å². The highest BCUT2D eigenvalue weighted by Crippen LogP contribution is 2.43. The van der Waals surface area contributed by atoms with E-state index in [-0.39, 0.29) is 24.0 Å². The van der Waals surface area contributed by atoms with Crippen molar-refractivity contribution in [2.75, 3.05) is 20.3 Å². The standard InChI is InChI=1S/C29H24ClNO6/c1-35-23-14-18(30)12-17-13-22(37-28(17)23)26(32)24-25(21-10-4-7-16-6-2-3-9-20(16)21)31(29(34)27(24)33)15-19-8-5-11-36-19/h2-4,6-7,9-10,12-14,19,25,33H,5,8,11,15H2,1H3. The van der Waals surface area contributed by atoms with E-state index in [0.717, 1.165) is 29.2 Å². The number of furan rings is 1. The lowest BCUT2D eigenvalue weighted by molar-refractivity contribution is -0.131. The molecule has 0 bridgehead atoms. The molecule has 8 heteroatoms. The predicted octanol–water partition coefficient (Wildman–Crippen LogP) is 6.01. The molecule has 1 aromatic heterocycles. The Bertz CT molecular complexity index is 1580. The molecule has 7 nitrogen and oxygen atoms in total. The minimum atomic E-state index is -0.811. The van der Waals surface area contributed by atoms with Crippen LogP contribution >= 0.6 is 11.6 Å². The number of aliphatic hydroxyl groups excluding tert-OH is 1. The van der Waals surface area contributed by atoms with Crippen LogP contribution in [-0.4, -0.2) is 48.1 Å². The molecule has 6 rings (SSSR count). The lowest BCUT2D eigenvalue weighted by Crippen LogP contribution is -2.37. The maximum Gasteiger partial charge on any atom is 0.290 e. The van der Waals surface area contributed by atoms with Gasteiger partial charge >= 0.3 is 0 Å². The summed E-state index contributed by atoms with van der Waals surface area (Å²) in [6.45, 7) is 0.886. The fraction of sp³-hybridized carbons (Fsp3) is 0.241. The first-order valence-electron chi connectivity index (χ1n) is 12.1. The van der Waals surface area contributed by atoms with Crippen LogP contribution in [0.25, 0.3) is 21.7 Å². The Labute approximate surface area is 217 Å². The number of amides is 1. The number of halogens is 1. The second kappa shape index (κ2) is 9.25. The van der Waals surface area contributed by atoms with Crippen molar-refractivity contribution < 1.29 is 28.6 Å². The summed E-state index contributed by atoms with van der Waals surface area (Å²) in [5.41, 5.74) is 1.08. The minimum Gasteiger partial charge on any atom is -0.503 e. The highest BCUT2D eigenvalue weighted by Gasteiger charge is 2.46. The van der Waals surface area contributed by atoms with Crippen molar-refractivity contribution in [3.63, 3.8) is 0 Å². The number of hydrogen-bond donors (Lipinski definition) is 1. The smallest absolute Gasteiger partial charge is 0.290 e. The van der Waals surface area contributed by atoms with E-state index in [9.17, 15) is 14.7 Å². The molecule has 0 radical (unpaired) electrons. The van der Waals surface area contributed by atoms with Crippen LogP contribution in [0.15, 0.2) is 76.4 Å². The van der Waals surface area contributed by atoms with E-state index in [2.05, 4.69) is 0 Å². The highest BCUT2D eigenvalue weighted by atomic mass is 35.5. The first-order chi connectivity index (χ1) is 18.0. The Morgan fingerprint density at radius 3 is 2.73 bits per heavy atom. The minimum absolute atomic E-state index is 0.0193. The first-order valence-corrected chi connectivity index (χ1v) is 12.5. The molecule has 3 heterocycles. The van der Waals surface area contributed by atoms with E-state index < -0.39 is 23.5 Å². The summed E-state index contributed by atoms with van der Waals surface area (Å²) >= 11 is 6.20. The van der Waals surface area contributed by atoms with Gasteiger partial charge < -0.3 is 23.9 Å². The Morgan fingerprint density at radius 1 is 1.14 bits per heavy atom. The van der Waals surface area contributed by atoms with Gasteiger partial charge in [-0.1, -0.05) is 54.1 Å². The van der Waals surface area contributed by atoms with E-state index in [0.29, 0.717) is 28.3 Å². The summed E-state index contributed by atoms with van der Waals surface area (Å²) in [6, 6.07) is 17.5. The average molecular weight is 518 g/mol. The van der Waals surface area contributed by atoms with Crippen LogP contribution in [0.5, 0.6) is 5.75 Å². The van der Waals surface area contributed by atoms with Gasteiger partial charge in [-0.25, -0.2) is 0 Å². The molecule has 1 fully saturated rings. The van der Waals surface area contributed by atoms with Gasteiger partial charge in [0.05, 0.1) is 24.8 Å². The number of benzene rings is 3. The van der Waals surface area contributed by atoms with E-state index in [1.165, 1.54) is 7.11 Å². The van der Waals surface area contributed by atoms with Gasteiger partial charge in [0.25, 0.3) is 5.91 Å². The number of rotatable bonds is 6. The van der Waals surface area contributed by atoms with Crippen LogP contribution in [0.1, 0.15) is 35.0 Å². The van der Waals surface area contributed by atoms with E-state index in [4.69, 9.17) is 25.5 Å². The molecule has 2 aliphatic rings. The maximum absolute atomic E-state index is 14.0. The number of carbonyl (C=O) groups excluding carboxylic acids is 2. The van der Waals surface area contributed by atoms with E-state index >= 15 is 0 Å². The fourth-order valence-electron chi connectivity index (χ4n) is 5.38. The Hall–Kier alpha value is -3.81. The third-order valence-corrected chi connectivity index (χ3v) is 7.30. The number of ketones is 1. The van der Waals surface area contributed by atoms with Crippen molar-refractivity contribution in [3.8, 4) is 5.75 Å². The molecular weight excluding hydrogens is 494 g/mol. The van der Waals surface area contributed by atoms with E-state index in [1.54, 1.807) is 23.1 Å². The van der Waals surface area contributed by atoms with Crippen molar-refractivity contribution in [1.82, 2.24) is 4.90 Å².